The molecule has 0 aromatic rings. The molecule has 0 bridgehead atoms. The maximum Gasteiger partial charge on any atom is 0.320 e. The standard InChI is InChI=1S/C10H21NO3/c1-8(12)5-6-11-7-9(13)14-10(2,3)4/h8,11-12H,5-7H2,1-4H3. The third-order valence-corrected chi connectivity index (χ3v) is 1.43. The zero-order chi connectivity index (χ0) is 11.2. The van der Waals surface area contributed by atoms with Crippen molar-refractivity contribution in [1.82, 2.24) is 5.32 Å². The van der Waals surface area contributed by atoms with Crippen molar-refractivity contribution in [3.8, 4) is 0 Å². The van der Waals surface area contributed by atoms with Gasteiger partial charge in [0.2, 0.25) is 0 Å². The van der Waals surface area contributed by atoms with E-state index in [2.05, 4.69) is 5.32 Å². The Morgan fingerprint density at radius 1 is 1.50 bits per heavy atom. The van der Waals surface area contributed by atoms with E-state index in [0.29, 0.717) is 13.0 Å². The highest BCUT2D eigenvalue weighted by Gasteiger charge is 2.15. The minimum Gasteiger partial charge on any atom is -0.459 e. The molecule has 1 unspecified atom stereocenters. The van der Waals surface area contributed by atoms with E-state index >= 15 is 0 Å². The third-order valence-electron chi connectivity index (χ3n) is 1.43. The van der Waals surface area contributed by atoms with Crippen LogP contribution in [-0.2, 0) is 9.53 Å². The Kier molecular flexibility index (Phi) is 5.72. The van der Waals surface area contributed by atoms with Gasteiger partial charge >= 0.3 is 5.97 Å². The molecule has 4 nitrogen and oxygen atoms in total. The zero-order valence-electron chi connectivity index (χ0n) is 9.46. The third kappa shape index (κ3) is 9.48. The van der Waals surface area contributed by atoms with Crippen LogP contribution in [0.25, 0.3) is 0 Å². The summed E-state index contributed by atoms with van der Waals surface area (Å²) in [5.41, 5.74) is -0.428. The fourth-order valence-corrected chi connectivity index (χ4v) is 0.879. The number of hydrogen-bond acceptors (Lipinski definition) is 4. The Balaban J connectivity index is 3.46. The van der Waals surface area contributed by atoms with Gasteiger partial charge in [-0.25, -0.2) is 0 Å². The van der Waals surface area contributed by atoms with Crippen LogP contribution < -0.4 is 5.32 Å². The van der Waals surface area contributed by atoms with E-state index in [9.17, 15) is 4.79 Å². The van der Waals surface area contributed by atoms with Crippen molar-refractivity contribution in [2.24, 2.45) is 0 Å². The SMILES string of the molecule is CC(O)CCNCC(=O)OC(C)(C)C. The molecular formula is C10H21NO3. The predicted molar refractivity (Wildman–Crippen MR) is 55.0 cm³/mol. The van der Waals surface area contributed by atoms with Crippen molar-refractivity contribution < 1.29 is 14.6 Å². The lowest BCUT2D eigenvalue weighted by molar-refractivity contribution is -0.153. The first-order valence-electron chi connectivity index (χ1n) is 4.92. The van der Waals surface area contributed by atoms with Gasteiger partial charge in [-0.1, -0.05) is 0 Å². The van der Waals surface area contributed by atoms with Gasteiger partial charge in [-0.3, -0.25) is 4.79 Å². The van der Waals surface area contributed by atoms with Crippen LogP contribution in [0.4, 0.5) is 0 Å². The number of aliphatic hydroxyl groups is 1. The Hall–Kier alpha value is -0.610. The number of rotatable bonds is 5. The summed E-state index contributed by atoms with van der Waals surface area (Å²) in [6, 6.07) is 0. The van der Waals surface area contributed by atoms with Crippen molar-refractivity contribution in [2.75, 3.05) is 13.1 Å². The molecule has 0 rings (SSSR count). The van der Waals surface area contributed by atoms with Crippen LogP contribution in [0.5, 0.6) is 0 Å². The number of hydrogen-bond donors (Lipinski definition) is 2. The first kappa shape index (κ1) is 13.4. The smallest absolute Gasteiger partial charge is 0.320 e. The molecule has 0 saturated heterocycles. The minimum absolute atomic E-state index is 0.198. The van der Waals surface area contributed by atoms with Crippen molar-refractivity contribution >= 4 is 5.97 Å². The molecule has 0 fully saturated rings. The van der Waals surface area contributed by atoms with Crippen LogP contribution in [0.1, 0.15) is 34.1 Å². The summed E-state index contributed by atoms with van der Waals surface area (Å²) in [5, 5.41) is 11.9. The van der Waals surface area contributed by atoms with Crippen molar-refractivity contribution in [3.05, 3.63) is 0 Å². The van der Waals surface area contributed by atoms with E-state index in [1.165, 1.54) is 0 Å². The number of ether oxygens (including phenoxy) is 1. The summed E-state index contributed by atoms with van der Waals surface area (Å²) >= 11 is 0. The van der Waals surface area contributed by atoms with Gasteiger partial charge in [0.1, 0.15) is 5.60 Å². The molecule has 0 aliphatic rings. The highest BCUT2D eigenvalue weighted by molar-refractivity contribution is 5.72. The topological polar surface area (TPSA) is 58.6 Å². The van der Waals surface area contributed by atoms with Crippen LogP contribution in [-0.4, -0.2) is 35.9 Å². The summed E-state index contributed by atoms with van der Waals surface area (Å²) in [5.74, 6) is -0.261. The second kappa shape index (κ2) is 5.98. The molecule has 1 atom stereocenters. The second-order valence-corrected chi connectivity index (χ2v) is 4.40. The number of carbonyl (C=O) groups is 1. The molecule has 4 heteroatoms. The molecule has 0 amide bonds. The minimum atomic E-state index is -0.428. The molecule has 0 aliphatic carbocycles. The molecule has 0 radical (unpaired) electrons. The highest BCUT2D eigenvalue weighted by Crippen LogP contribution is 2.06. The van der Waals surface area contributed by atoms with Crippen molar-refractivity contribution in [2.45, 2.75) is 45.8 Å². The van der Waals surface area contributed by atoms with Gasteiger partial charge < -0.3 is 15.2 Å². The predicted octanol–water partition coefficient (Wildman–Crippen LogP) is 0.689. The van der Waals surface area contributed by atoms with Crippen LogP contribution in [0.15, 0.2) is 0 Å². The molecule has 0 aromatic heterocycles. The van der Waals surface area contributed by atoms with Crippen LogP contribution >= 0.6 is 0 Å². The van der Waals surface area contributed by atoms with Gasteiger partial charge in [0.05, 0.1) is 12.6 Å². The summed E-state index contributed by atoms with van der Waals surface area (Å²) in [7, 11) is 0. The Bertz CT molecular complexity index is 173. The molecule has 0 aliphatic heterocycles. The second-order valence-electron chi connectivity index (χ2n) is 4.40. The van der Waals surface area contributed by atoms with Crippen LogP contribution in [0, 0.1) is 0 Å². The van der Waals surface area contributed by atoms with Gasteiger partial charge in [0, 0.05) is 0 Å². The molecule has 0 heterocycles. The summed E-state index contributed by atoms with van der Waals surface area (Å²) in [6.45, 7) is 8.04. The number of carbonyl (C=O) groups excluding carboxylic acids is 1. The van der Waals surface area contributed by atoms with Crippen molar-refractivity contribution in [1.29, 1.82) is 0 Å². The van der Waals surface area contributed by atoms with E-state index in [0.717, 1.165) is 0 Å². The molecule has 0 spiro atoms. The van der Waals surface area contributed by atoms with Crippen molar-refractivity contribution in [3.63, 3.8) is 0 Å². The molecule has 84 valence electrons. The largest absolute Gasteiger partial charge is 0.459 e. The van der Waals surface area contributed by atoms with Gasteiger partial charge in [0.15, 0.2) is 0 Å². The Labute approximate surface area is 85.6 Å². The van der Waals surface area contributed by atoms with E-state index in [1.807, 2.05) is 20.8 Å². The van der Waals surface area contributed by atoms with Crippen LogP contribution in [0.3, 0.4) is 0 Å². The van der Waals surface area contributed by atoms with Gasteiger partial charge in [-0.15, -0.1) is 0 Å². The molecule has 0 aromatic carbocycles. The normalized spacial score (nSPS) is 13.8. The van der Waals surface area contributed by atoms with E-state index < -0.39 is 5.60 Å². The Morgan fingerprint density at radius 3 is 2.50 bits per heavy atom. The fourth-order valence-electron chi connectivity index (χ4n) is 0.879. The average molecular weight is 203 g/mol. The maximum absolute atomic E-state index is 11.2. The average Bonchev–Trinajstić information content (AvgIpc) is 1.94. The summed E-state index contributed by atoms with van der Waals surface area (Å²) < 4.78 is 5.08. The summed E-state index contributed by atoms with van der Waals surface area (Å²) in [6.07, 6.45) is 0.309. The zero-order valence-corrected chi connectivity index (χ0v) is 9.46. The lowest BCUT2D eigenvalue weighted by Crippen LogP contribution is -2.32. The number of aliphatic hydroxyl groups excluding tert-OH is 1. The van der Waals surface area contributed by atoms with E-state index in [1.54, 1.807) is 6.92 Å². The van der Waals surface area contributed by atoms with Crippen LogP contribution in [0.2, 0.25) is 0 Å². The number of nitrogens with one attached hydrogen (secondary N) is 1. The van der Waals surface area contributed by atoms with Gasteiger partial charge in [-0.05, 0) is 40.7 Å². The maximum atomic E-state index is 11.2. The fraction of sp³-hybridized carbons (Fsp3) is 0.900. The quantitative estimate of drug-likeness (QED) is 0.510. The molecule has 0 saturated carbocycles. The lowest BCUT2D eigenvalue weighted by Gasteiger charge is -2.19. The molecular weight excluding hydrogens is 182 g/mol. The number of esters is 1. The Morgan fingerprint density at radius 2 is 2.07 bits per heavy atom. The monoisotopic (exact) mass is 203 g/mol. The van der Waals surface area contributed by atoms with Gasteiger partial charge in [-0.2, -0.15) is 0 Å². The highest BCUT2D eigenvalue weighted by atomic mass is 16.6. The first-order valence-corrected chi connectivity index (χ1v) is 4.92. The summed E-state index contributed by atoms with van der Waals surface area (Å²) in [4.78, 5) is 11.2. The van der Waals surface area contributed by atoms with E-state index in [4.69, 9.17) is 9.84 Å². The van der Waals surface area contributed by atoms with Gasteiger partial charge in [0.25, 0.3) is 0 Å². The molecule has 14 heavy (non-hydrogen) atoms. The molecule has 2 N–H and O–H groups in total. The first-order chi connectivity index (χ1) is 6.31. The van der Waals surface area contributed by atoms with E-state index in [-0.39, 0.29) is 18.6 Å². The lowest BCUT2D eigenvalue weighted by atomic mass is 10.2.